The van der Waals surface area contributed by atoms with E-state index in [-0.39, 0.29) is 10.7 Å². The minimum atomic E-state index is -0.487. The van der Waals surface area contributed by atoms with Gasteiger partial charge in [-0.15, -0.1) is 0 Å². The standard InChI is InChI=1S/C16H11Br2N5O3S/c17-11-3-1-10(2-4-11)8-22-9-13(18)15(21-22)16(24)20-19-7-12-5-6-14(27-12)23(25)26/h1-7,9H,8H2,(H,20,24)/b19-7-. The number of hydrogen-bond donors (Lipinski definition) is 1. The number of thiophene rings is 1. The first-order valence-electron chi connectivity index (χ1n) is 7.47. The molecule has 138 valence electrons. The van der Waals surface area contributed by atoms with E-state index in [2.05, 4.69) is 47.5 Å². The molecule has 0 radical (unpaired) electrons. The highest BCUT2D eigenvalue weighted by atomic mass is 79.9. The second-order valence-electron chi connectivity index (χ2n) is 5.28. The van der Waals surface area contributed by atoms with Crippen LogP contribution in [0.15, 0.2) is 56.6 Å². The zero-order valence-corrected chi connectivity index (χ0v) is 17.5. The van der Waals surface area contributed by atoms with E-state index in [0.29, 0.717) is 15.9 Å². The van der Waals surface area contributed by atoms with Crippen molar-refractivity contribution in [3.63, 3.8) is 0 Å². The molecular formula is C16H11Br2N5O3S. The second-order valence-corrected chi connectivity index (χ2v) is 8.15. The second kappa shape index (κ2) is 8.55. The maximum atomic E-state index is 12.2. The summed E-state index contributed by atoms with van der Waals surface area (Å²) in [5.41, 5.74) is 3.60. The average molecular weight is 513 g/mol. The van der Waals surface area contributed by atoms with Gasteiger partial charge < -0.3 is 0 Å². The van der Waals surface area contributed by atoms with Crippen LogP contribution in [0.3, 0.4) is 0 Å². The zero-order valence-electron chi connectivity index (χ0n) is 13.5. The molecule has 3 aromatic rings. The van der Waals surface area contributed by atoms with E-state index in [1.807, 2.05) is 24.3 Å². The largest absolute Gasteiger partial charge is 0.324 e. The fourth-order valence-electron chi connectivity index (χ4n) is 2.13. The van der Waals surface area contributed by atoms with Crippen molar-refractivity contribution in [3.05, 3.63) is 77.8 Å². The highest BCUT2D eigenvalue weighted by Crippen LogP contribution is 2.22. The lowest BCUT2D eigenvalue weighted by molar-refractivity contribution is -0.380. The Balaban J connectivity index is 1.64. The van der Waals surface area contributed by atoms with Crippen LogP contribution < -0.4 is 5.43 Å². The van der Waals surface area contributed by atoms with Gasteiger partial charge in [0, 0.05) is 16.7 Å². The minimum absolute atomic E-state index is 0.0113. The van der Waals surface area contributed by atoms with Gasteiger partial charge in [-0.25, -0.2) is 5.43 Å². The maximum Gasteiger partial charge on any atom is 0.324 e. The first-order valence-corrected chi connectivity index (χ1v) is 9.87. The number of nitrogens with one attached hydrogen (secondary N) is 1. The van der Waals surface area contributed by atoms with Crippen LogP contribution in [-0.4, -0.2) is 26.8 Å². The van der Waals surface area contributed by atoms with Crippen LogP contribution >= 0.6 is 43.2 Å². The normalized spacial score (nSPS) is 11.0. The Labute approximate surface area is 174 Å². The molecular weight excluding hydrogens is 502 g/mol. The molecule has 0 fully saturated rings. The molecule has 1 N–H and O–H groups in total. The molecule has 0 aliphatic rings. The van der Waals surface area contributed by atoms with Gasteiger partial charge >= 0.3 is 5.00 Å². The molecule has 0 aliphatic carbocycles. The van der Waals surface area contributed by atoms with E-state index in [0.717, 1.165) is 21.4 Å². The van der Waals surface area contributed by atoms with Crippen LogP contribution in [0.2, 0.25) is 0 Å². The van der Waals surface area contributed by atoms with Crippen molar-refractivity contribution in [1.29, 1.82) is 0 Å². The van der Waals surface area contributed by atoms with Crippen molar-refractivity contribution in [2.45, 2.75) is 6.54 Å². The maximum absolute atomic E-state index is 12.2. The van der Waals surface area contributed by atoms with Crippen LogP contribution in [0.4, 0.5) is 5.00 Å². The van der Waals surface area contributed by atoms with Gasteiger partial charge in [-0.2, -0.15) is 10.2 Å². The van der Waals surface area contributed by atoms with Crippen LogP contribution in [0.25, 0.3) is 0 Å². The SMILES string of the molecule is O=C(N/N=C\c1ccc([N+](=O)[O-])s1)c1nn(Cc2ccc(Br)cc2)cc1Br. The number of carbonyl (C=O) groups is 1. The van der Waals surface area contributed by atoms with Gasteiger partial charge in [0.1, 0.15) is 0 Å². The van der Waals surface area contributed by atoms with Gasteiger partial charge in [0.05, 0.1) is 27.0 Å². The van der Waals surface area contributed by atoms with E-state index < -0.39 is 10.8 Å². The third-order valence-corrected chi connectivity index (χ3v) is 5.42. The first kappa shape index (κ1) is 19.4. The lowest BCUT2D eigenvalue weighted by Gasteiger charge is -2.01. The Kier molecular flexibility index (Phi) is 6.14. The van der Waals surface area contributed by atoms with Gasteiger partial charge in [-0.05, 0) is 39.7 Å². The number of aromatic nitrogens is 2. The smallest absolute Gasteiger partial charge is 0.266 e. The fourth-order valence-corrected chi connectivity index (χ4v) is 3.58. The topological polar surface area (TPSA) is 102 Å². The van der Waals surface area contributed by atoms with Gasteiger partial charge in [-0.3, -0.25) is 19.6 Å². The molecule has 0 bridgehead atoms. The summed E-state index contributed by atoms with van der Waals surface area (Å²) in [5, 5.41) is 18.8. The van der Waals surface area contributed by atoms with Crippen molar-refractivity contribution >= 4 is 60.3 Å². The Morgan fingerprint density at radius 2 is 2.04 bits per heavy atom. The fraction of sp³-hybridized carbons (Fsp3) is 0.0625. The lowest BCUT2D eigenvalue weighted by Crippen LogP contribution is -2.19. The molecule has 11 heteroatoms. The number of carbonyl (C=O) groups excluding carboxylic acids is 1. The molecule has 1 amide bonds. The molecule has 2 heterocycles. The van der Waals surface area contributed by atoms with Gasteiger partial charge in [0.15, 0.2) is 5.69 Å². The van der Waals surface area contributed by atoms with Crippen molar-refractivity contribution in [2.24, 2.45) is 5.10 Å². The predicted octanol–water partition coefficient (Wildman–Crippen LogP) is 4.19. The van der Waals surface area contributed by atoms with E-state index in [1.165, 1.54) is 12.3 Å². The minimum Gasteiger partial charge on any atom is -0.266 e. The number of benzene rings is 1. The number of hydrazone groups is 1. The molecule has 3 rings (SSSR count). The van der Waals surface area contributed by atoms with E-state index in [9.17, 15) is 14.9 Å². The zero-order chi connectivity index (χ0) is 19.4. The third-order valence-electron chi connectivity index (χ3n) is 3.34. The summed E-state index contributed by atoms with van der Waals surface area (Å²) in [4.78, 5) is 23.0. The summed E-state index contributed by atoms with van der Waals surface area (Å²) in [7, 11) is 0. The third kappa shape index (κ3) is 5.08. The van der Waals surface area contributed by atoms with Crippen LogP contribution in [-0.2, 0) is 6.54 Å². The highest BCUT2D eigenvalue weighted by Gasteiger charge is 2.15. The Hall–Kier alpha value is -2.37. The van der Waals surface area contributed by atoms with Gasteiger partial charge in [-0.1, -0.05) is 39.4 Å². The number of rotatable bonds is 6. The van der Waals surface area contributed by atoms with Crippen LogP contribution in [0.1, 0.15) is 20.9 Å². The van der Waals surface area contributed by atoms with Crippen LogP contribution in [0, 0.1) is 10.1 Å². The summed E-state index contributed by atoms with van der Waals surface area (Å²) in [6, 6.07) is 10.7. The van der Waals surface area contributed by atoms with Crippen LogP contribution in [0.5, 0.6) is 0 Å². The molecule has 27 heavy (non-hydrogen) atoms. The molecule has 0 atom stereocenters. The first-order chi connectivity index (χ1) is 12.9. The monoisotopic (exact) mass is 511 g/mol. The molecule has 0 unspecified atom stereocenters. The molecule has 1 aromatic carbocycles. The average Bonchev–Trinajstić information content (AvgIpc) is 3.24. The van der Waals surface area contributed by atoms with Crippen molar-refractivity contribution in [1.82, 2.24) is 15.2 Å². The summed E-state index contributed by atoms with van der Waals surface area (Å²) < 4.78 is 3.18. The summed E-state index contributed by atoms with van der Waals surface area (Å²) in [6.07, 6.45) is 3.06. The Bertz CT molecular complexity index is 1010. The number of hydrogen-bond acceptors (Lipinski definition) is 6. The van der Waals surface area contributed by atoms with E-state index in [4.69, 9.17) is 0 Å². The Morgan fingerprint density at radius 3 is 2.70 bits per heavy atom. The lowest BCUT2D eigenvalue weighted by atomic mass is 10.2. The van der Waals surface area contributed by atoms with Gasteiger partial charge in [0.25, 0.3) is 5.91 Å². The van der Waals surface area contributed by atoms with Crippen molar-refractivity contribution < 1.29 is 9.72 Å². The summed E-state index contributed by atoms with van der Waals surface area (Å²) in [6.45, 7) is 0.515. The summed E-state index contributed by atoms with van der Waals surface area (Å²) >= 11 is 7.67. The molecule has 0 saturated carbocycles. The van der Waals surface area contributed by atoms with Crippen molar-refractivity contribution in [3.8, 4) is 0 Å². The Morgan fingerprint density at radius 1 is 1.30 bits per heavy atom. The number of nitro groups is 1. The number of amides is 1. The molecule has 2 aromatic heterocycles. The van der Waals surface area contributed by atoms with E-state index in [1.54, 1.807) is 16.9 Å². The predicted molar refractivity (Wildman–Crippen MR) is 109 cm³/mol. The number of halogens is 2. The molecule has 0 saturated heterocycles. The van der Waals surface area contributed by atoms with Crippen molar-refractivity contribution in [2.75, 3.05) is 0 Å². The molecule has 8 nitrogen and oxygen atoms in total. The van der Waals surface area contributed by atoms with Gasteiger partial charge in [0.2, 0.25) is 0 Å². The van der Waals surface area contributed by atoms with E-state index >= 15 is 0 Å². The molecule has 0 aliphatic heterocycles. The quantitative estimate of drug-likeness (QED) is 0.304. The number of nitrogens with zero attached hydrogens (tertiary/aromatic N) is 4. The summed E-state index contributed by atoms with van der Waals surface area (Å²) in [5.74, 6) is -0.487. The molecule has 0 spiro atoms. The highest BCUT2D eigenvalue weighted by molar-refractivity contribution is 9.10.